The summed E-state index contributed by atoms with van der Waals surface area (Å²) < 4.78 is 28.0. The number of nitrogens with zero attached hydrogens (tertiary/aromatic N) is 4. The fourth-order valence-corrected chi connectivity index (χ4v) is 5.92. The van der Waals surface area contributed by atoms with Gasteiger partial charge in [0, 0.05) is 45.1 Å². The lowest BCUT2D eigenvalue weighted by Crippen LogP contribution is -2.56. The van der Waals surface area contributed by atoms with Crippen LogP contribution in [0.1, 0.15) is 43.0 Å². The van der Waals surface area contributed by atoms with Crippen molar-refractivity contribution in [2.45, 2.75) is 49.7 Å². The zero-order chi connectivity index (χ0) is 29.3. The summed E-state index contributed by atoms with van der Waals surface area (Å²) >= 11 is 8.64. The van der Waals surface area contributed by atoms with Crippen LogP contribution in [0.5, 0.6) is 0 Å². The van der Waals surface area contributed by atoms with E-state index in [9.17, 15) is 28.4 Å². The van der Waals surface area contributed by atoms with Crippen molar-refractivity contribution in [3.8, 4) is 6.07 Å². The lowest BCUT2D eigenvalue weighted by Gasteiger charge is -2.39. The molecule has 2 aliphatic rings. The predicted molar refractivity (Wildman–Crippen MR) is 156 cm³/mol. The number of nitrogens with one attached hydrogen (secondary N) is 1. The van der Waals surface area contributed by atoms with Crippen molar-refractivity contribution < 1.29 is 23.2 Å². The van der Waals surface area contributed by atoms with Gasteiger partial charge in [-0.3, -0.25) is 24.2 Å². The van der Waals surface area contributed by atoms with Gasteiger partial charge in [-0.2, -0.15) is 5.26 Å². The number of carbonyl (C=O) groups is 3. The maximum Gasteiger partial charge on any atom is 0.252 e. The molecule has 1 saturated carbocycles. The number of anilines is 2. The van der Waals surface area contributed by atoms with Crippen LogP contribution in [0.3, 0.4) is 0 Å². The van der Waals surface area contributed by atoms with Crippen molar-refractivity contribution in [3.63, 3.8) is 0 Å². The van der Waals surface area contributed by atoms with Crippen molar-refractivity contribution in [2.24, 2.45) is 0 Å². The van der Waals surface area contributed by atoms with Gasteiger partial charge < -0.3 is 5.32 Å². The Kier molecular flexibility index (Phi) is 8.24. The van der Waals surface area contributed by atoms with E-state index >= 15 is 0 Å². The van der Waals surface area contributed by atoms with E-state index in [1.54, 1.807) is 48.5 Å². The number of hydrogen-bond donors (Lipinski definition) is 1. The minimum absolute atomic E-state index is 0.0507. The second-order valence-corrected chi connectivity index (χ2v) is 11.5. The zero-order valence-corrected chi connectivity index (χ0v) is 24.4. The van der Waals surface area contributed by atoms with E-state index in [0.29, 0.717) is 11.3 Å². The standard InChI is InChI=1S/C29H23ClF2IN5O3/c30-22-9-2-1-8-21(22)26(27(40)36-19-14-29(31,32)15-19)37(20-7-3-5-17(33)13-20)28(41)23-11-12-25(39)38(23)24-10-4-6-18(16-34)35-24/h1-10,13,19,23,26H,11-12,14-15H2,(H,36,40)/t23-,26?/m0/s1. The molecule has 2 heterocycles. The lowest BCUT2D eigenvalue weighted by molar-refractivity contribution is -0.133. The lowest BCUT2D eigenvalue weighted by atomic mass is 9.87. The number of nitriles is 1. The molecule has 2 atom stereocenters. The third kappa shape index (κ3) is 6.04. The van der Waals surface area contributed by atoms with Crippen LogP contribution in [-0.4, -0.2) is 40.7 Å². The molecule has 5 rings (SSSR count). The quantitative estimate of drug-likeness (QED) is 0.335. The normalized spacial score (nSPS) is 18.8. The summed E-state index contributed by atoms with van der Waals surface area (Å²) in [6.07, 6.45) is -0.814. The highest BCUT2D eigenvalue weighted by atomic mass is 127. The van der Waals surface area contributed by atoms with E-state index in [1.807, 2.05) is 12.1 Å². The molecule has 8 nitrogen and oxygen atoms in total. The van der Waals surface area contributed by atoms with E-state index in [-0.39, 0.29) is 35.3 Å². The summed E-state index contributed by atoms with van der Waals surface area (Å²) in [6, 6.07) is 16.8. The van der Waals surface area contributed by atoms with Gasteiger partial charge in [0.05, 0.1) is 0 Å². The van der Waals surface area contributed by atoms with Gasteiger partial charge in [0.2, 0.25) is 11.8 Å². The van der Waals surface area contributed by atoms with Crippen LogP contribution >= 0.6 is 34.2 Å². The second kappa shape index (κ2) is 11.7. The summed E-state index contributed by atoms with van der Waals surface area (Å²) in [5.41, 5.74) is 0.734. The monoisotopic (exact) mass is 689 g/mol. The Hall–Kier alpha value is -3.63. The Morgan fingerprint density at radius 2 is 1.88 bits per heavy atom. The van der Waals surface area contributed by atoms with Crippen molar-refractivity contribution in [1.82, 2.24) is 10.3 Å². The first-order valence-electron chi connectivity index (χ1n) is 12.8. The second-order valence-electron chi connectivity index (χ2n) is 9.89. The molecule has 1 N–H and O–H groups in total. The van der Waals surface area contributed by atoms with Gasteiger partial charge in [-0.1, -0.05) is 41.9 Å². The molecule has 3 amide bonds. The van der Waals surface area contributed by atoms with Gasteiger partial charge in [-0.05, 0) is 65.4 Å². The molecule has 1 saturated heterocycles. The van der Waals surface area contributed by atoms with Gasteiger partial charge in [0.1, 0.15) is 29.7 Å². The van der Waals surface area contributed by atoms with Gasteiger partial charge >= 0.3 is 0 Å². The minimum atomic E-state index is -2.86. The third-order valence-corrected chi connectivity index (χ3v) is 8.07. The summed E-state index contributed by atoms with van der Waals surface area (Å²) in [6.45, 7) is 0. The van der Waals surface area contributed by atoms with Crippen molar-refractivity contribution in [2.75, 3.05) is 9.80 Å². The molecule has 1 unspecified atom stereocenters. The van der Waals surface area contributed by atoms with Crippen LogP contribution < -0.4 is 15.1 Å². The molecule has 0 bridgehead atoms. The number of halogens is 4. The number of alkyl halides is 2. The summed E-state index contributed by atoms with van der Waals surface area (Å²) in [5, 5.41) is 12.2. The van der Waals surface area contributed by atoms with Crippen LogP contribution in [0.4, 0.5) is 20.3 Å². The maximum absolute atomic E-state index is 14.5. The van der Waals surface area contributed by atoms with Crippen LogP contribution in [-0.2, 0) is 14.4 Å². The van der Waals surface area contributed by atoms with Crippen LogP contribution in [0, 0.1) is 14.9 Å². The molecule has 1 aromatic heterocycles. The first kappa shape index (κ1) is 28.9. The zero-order valence-electron chi connectivity index (χ0n) is 21.4. The predicted octanol–water partition coefficient (Wildman–Crippen LogP) is 5.40. The van der Waals surface area contributed by atoms with Crippen LogP contribution in [0.2, 0.25) is 5.02 Å². The SMILES string of the molecule is N#Cc1cccc(N2C(=O)CC[C@H]2C(=O)N(c2cccc(I)c2)C(C(=O)NC2CC(F)(F)C2)c2ccccc2Cl)n1. The van der Waals surface area contributed by atoms with Gasteiger partial charge in [-0.15, -0.1) is 0 Å². The molecular weight excluding hydrogens is 667 g/mol. The van der Waals surface area contributed by atoms with E-state index in [4.69, 9.17) is 11.6 Å². The molecule has 2 aromatic carbocycles. The number of rotatable bonds is 7. The smallest absolute Gasteiger partial charge is 0.252 e. The fraction of sp³-hybridized carbons (Fsp3) is 0.276. The van der Waals surface area contributed by atoms with Crippen molar-refractivity contribution in [1.29, 1.82) is 5.26 Å². The average molecular weight is 690 g/mol. The summed E-state index contributed by atoms with van der Waals surface area (Å²) in [5.74, 6) is -4.34. The van der Waals surface area contributed by atoms with Gasteiger partial charge in [0.25, 0.3) is 11.8 Å². The van der Waals surface area contributed by atoms with Gasteiger partial charge in [0.15, 0.2) is 0 Å². The van der Waals surface area contributed by atoms with E-state index in [1.165, 1.54) is 21.9 Å². The Balaban J connectivity index is 1.61. The molecule has 210 valence electrons. The largest absolute Gasteiger partial charge is 0.351 e. The van der Waals surface area contributed by atoms with Gasteiger partial charge in [-0.25, -0.2) is 13.8 Å². The Morgan fingerprint density at radius 3 is 2.56 bits per heavy atom. The molecular formula is C29H23ClF2IN5O3. The Labute approximate surface area is 253 Å². The molecule has 2 fully saturated rings. The van der Waals surface area contributed by atoms with Crippen LogP contribution in [0.15, 0.2) is 66.7 Å². The van der Waals surface area contributed by atoms with E-state index < -0.39 is 48.7 Å². The topological polar surface area (TPSA) is 106 Å². The van der Waals surface area contributed by atoms with E-state index in [2.05, 4.69) is 32.9 Å². The number of amides is 3. The van der Waals surface area contributed by atoms with Crippen molar-refractivity contribution in [3.05, 3.63) is 86.6 Å². The first-order valence-corrected chi connectivity index (χ1v) is 14.2. The number of aromatic nitrogens is 1. The number of pyridine rings is 1. The Morgan fingerprint density at radius 1 is 1.15 bits per heavy atom. The minimum Gasteiger partial charge on any atom is -0.351 e. The number of benzene rings is 2. The maximum atomic E-state index is 14.5. The third-order valence-electron chi connectivity index (χ3n) is 7.06. The molecule has 0 spiro atoms. The highest BCUT2D eigenvalue weighted by Crippen LogP contribution is 2.40. The summed E-state index contributed by atoms with van der Waals surface area (Å²) in [4.78, 5) is 48.2. The molecule has 1 aliphatic heterocycles. The van der Waals surface area contributed by atoms with E-state index in [0.717, 1.165) is 3.57 Å². The fourth-order valence-electron chi connectivity index (χ4n) is 5.15. The number of hydrogen-bond acceptors (Lipinski definition) is 5. The van der Waals surface area contributed by atoms with Crippen LogP contribution in [0.25, 0.3) is 0 Å². The molecule has 0 radical (unpaired) electrons. The molecule has 3 aromatic rings. The highest BCUT2D eigenvalue weighted by Gasteiger charge is 2.48. The highest BCUT2D eigenvalue weighted by molar-refractivity contribution is 14.1. The molecule has 1 aliphatic carbocycles. The molecule has 41 heavy (non-hydrogen) atoms. The first-order chi connectivity index (χ1) is 19.6. The number of carbonyl (C=O) groups excluding carboxylic acids is 3. The van der Waals surface area contributed by atoms with Crippen molar-refractivity contribution >= 4 is 63.4 Å². The molecule has 12 heteroatoms. The Bertz CT molecular complexity index is 1560. The average Bonchev–Trinajstić information content (AvgIpc) is 3.32. The summed E-state index contributed by atoms with van der Waals surface area (Å²) in [7, 11) is 0.